The van der Waals surface area contributed by atoms with Crippen molar-refractivity contribution < 1.29 is 14.3 Å². The fourth-order valence-corrected chi connectivity index (χ4v) is 2.81. The first-order valence-electron chi connectivity index (χ1n) is 8.03. The van der Waals surface area contributed by atoms with Crippen LogP contribution in [0.25, 0.3) is 11.2 Å². The van der Waals surface area contributed by atoms with Crippen LogP contribution in [0.4, 0.5) is 5.82 Å². The zero-order chi connectivity index (χ0) is 17.5. The molecule has 0 radical (unpaired) electrons. The maximum absolute atomic E-state index is 11.9. The monoisotopic (exact) mass is 333 g/mol. The maximum Gasteiger partial charge on any atom is 0.311 e. The van der Waals surface area contributed by atoms with E-state index >= 15 is 0 Å². The molecule has 2 N–H and O–H groups in total. The van der Waals surface area contributed by atoms with Crippen molar-refractivity contribution in [2.75, 3.05) is 12.3 Å². The van der Waals surface area contributed by atoms with Crippen molar-refractivity contribution in [2.24, 2.45) is 11.3 Å². The number of nitrogens with zero attached hydrogens (tertiary/aromatic N) is 4. The lowest BCUT2D eigenvalue weighted by Crippen LogP contribution is -2.27. The van der Waals surface area contributed by atoms with Gasteiger partial charge in [0, 0.05) is 5.92 Å². The van der Waals surface area contributed by atoms with Crippen molar-refractivity contribution in [3.8, 4) is 0 Å². The smallest absolute Gasteiger partial charge is 0.311 e. The van der Waals surface area contributed by atoms with Crippen molar-refractivity contribution in [3.63, 3.8) is 0 Å². The molecule has 1 saturated heterocycles. The second-order valence-electron chi connectivity index (χ2n) is 7.29. The third-order valence-electron chi connectivity index (χ3n) is 4.13. The van der Waals surface area contributed by atoms with Gasteiger partial charge in [-0.15, -0.1) is 0 Å². The summed E-state index contributed by atoms with van der Waals surface area (Å²) in [4.78, 5) is 24.4. The number of hydrogen-bond acceptors (Lipinski definition) is 7. The molecule has 1 aliphatic heterocycles. The summed E-state index contributed by atoms with van der Waals surface area (Å²) in [7, 11) is 0. The first-order valence-corrected chi connectivity index (χ1v) is 8.03. The Hall–Kier alpha value is -2.22. The standard InChI is InChI=1S/C16H23N5O3/c1-9-5-10(6-23-15(22)16(2,3)4)24-14(9)21-8-20-11-12(17)18-7-19-13(11)21/h7-10,14H,5-6H2,1-4H3,(H2,17,18,19)/t9-,10-,14+/m0/s1. The number of fused-ring (bicyclic) bond motifs is 1. The Morgan fingerprint density at radius 1 is 1.42 bits per heavy atom. The van der Waals surface area contributed by atoms with Gasteiger partial charge in [0.1, 0.15) is 24.7 Å². The van der Waals surface area contributed by atoms with Gasteiger partial charge in [-0.2, -0.15) is 0 Å². The molecular weight excluding hydrogens is 310 g/mol. The van der Waals surface area contributed by atoms with E-state index < -0.39 is 5.41 Å². The van der Waals surface area contributed by atoms with Crippen molar-refractivity contribution in [3.05, 3.63) is 12.7 Å². The maximum atomic E-state index is 11.9. The van der Waals surface area contributed by atoms with Crippen LogP contribution in [0.1, 0.15) is 40.3 Å². The highest BCUT2D eigenvalue weighted by Gasteiger charge is 2.36. The molecule has 8 nitrogen and oxygen atoms in total. The lowest BCUT2D eigenvalue weighted by atomic mass is 9.97. The number of anilines is 1. The van der Waals surface area contributed by atoms with Gasteiger partial charge in [0.15, 0.2) is 11.5 Å². The predicted octanol–water partition coefficient (Wildman–Crippen LogP) is 1.92. The molecule has 24 heavy (non-hydrogen) atoms. The van der Waals surface area contributed by atoms with Gasteiger partial charge < -0.3 is 15.2 Å². The van der Waals surface area contributed by atoms with E-state index in [0.29, 0.717) is 17.0 Å². The lowest BCUT2D eigenvalue weighted by molar-refractivity contribution is -0.157. The van der Waals surface area contributed by atoms with E-state index in [-0.39, 0.29) is 30.8 Å². The van der Waals surface area contributed by atoms with Gasteiger partial charge in [-0.25, -0.2) is 15.0 Å². The summed E-state index contributed by atoms with van der Waals surface area (Å²) in [5.41, 5.74) is 6.52. The molecular formula is C16H23N5O3. The Morgan fingerprint density at radius 2 is 2.17 bits per heavy atom. The number of nitrogen functional groups attached to an aromatic ring is 1. The summed E-state index contributed by atoms with van der Waals surface area (Å²) in [6, 6.07) is 0. The summed E-state index contributed by atoms with van der Waals surface area (Å²) in [6.07, 6.45) is 3.51. The highest BCUT2D eigenvalue weighted by atomic mass is 16.6. The van der Waals surface area contributed by atoms with Gasteiger partial charge in [-0.1, -0.05) is 6.92 Å². The van der Waals surface area contributed by atoms with Crippen LogP contribution in [0.15, 0.2) is 12.7 Å². The van der Waals surface area contributed by atoms with Gasteiger partial charge in [0.2, 0.25) is 0 Å². The zero-order valence-electron chi connectivity index (χ0n) is 14.4. The van der Waals surface area contributed by atoms with Crippen LogP contribution in [-0.2, 0) is 14.3 Å². The summed E-state index contributed by atoms with van der Waals surface area (Å²) in [6.45, 7) is 7.83. The zero-order valence-corrected chi connectivity index (χ0v) is 14.4. The Labute approximate surface area is 140 Å². The van der Waals surface area contributed by atoms with Crippen LogP contribution in [0.5, 0.6) is 0 Å². The summed E-state index contributed by atoms with van der Waals surface area (Å²) in [5, 5.41) is 0. The molecule has 0 amide bonds. The fourth-order valence-electron chi connectivity index (χ4n) is 2.81. The van der Waals surface area contributed by atoms with E-state index in [2.05, 4.69) is 21.9 Å². The van der Waals surface area contributed by atoms with Crippen LogP contribution in [0, 0.1) is 11.3 Å². The van der Waals surface area contributed by atoms with E-state index in [4.69, 9.17) is 15.2 Å². The molecule has 3 atom stereocenters. The number of carbonyl (C=O) groups is 1. The van der Waals surface area contributed by atoms with Crippen molar-refractivity contribution in [1.82, 2.24) is 19.5 Å². The first kappa shape index (κ1) is 16.6. The normalized spacial score (nSPS) is 24.4. The van der Waals surface area contributed by atoms with E-state index in [0.717, 1.165) is 6.42 Å². The van der Waals surface area contributed by atoms with Gasteiger partial charge in [0.25, 0.3) is 0 Å². The Balaban J connectivity index is 1.72. The lowest BCUT2D eigenvalue weighted by Gasteiger charge is -2.19. The molecule has 1 aliphatic rings. The Morgan fingerprint density at radius 3 is 2.88 bits per heavy atom. The molecule has 2 aromatic heterocycles. The minimum absolute atomic E-state index is 0.145. The van der Waals surface area contributed by atoms with E-state index in [1.54, 1.807) is 6.33 Å². The summed E-state index contributed by atoms with van der Waals surface area (Å²) >= 11 is 0. The molecule has 3 rings (SSSR count). The molecule has 0 unspecified atom stereocenters. The summed E-state index contributed by atoms with van der Waals surface area (Å²) in [5.74, 6) is 0.354. The second kappa shape index (κ2) is 6.01. The highest BCUT2D eigenvalue weighted by molar-refractivity contribution is 5.81. The molecule has 2 aromatic rings. The fraction of sp³-hybridized carbons (Fsp3) is 0.625. The predicted molar refractivity (Wildman–Crippen MR) is 87.8 cm³/mol. The number of ether oxygens (including phenoxy) is 2. The quantitative estimate of drug-likeness (QED) is 0.855. The number of rotatable bonds is 3. The minimum atomic E-state index is -0.515. The highest BCUT2D eigenvalue weighted by Crippen LogP contribution is 2.36. The van der Waals surface area contributed by atoms with E-state index in [1.807, 2.05) is 25.3 Å². The van der Waals surface area contributed by atoms with E-state index in [9.17, 15) is 4.79 Å². The van der Waals surface area contributed by atoms with Gasteiger partial charge in [-0.3, -0.25) is 9.36 Å². The number of aromatic nitrogens is 4. The molecule has 0 aromatic carbocycles. The molecule has 1 fully saturated rings. The average Bonchev–Trinajstić information content (AvgIpc) is 3.08. The minimum Gasteiger partial charge on any atom is -0.463 e. The van der Waals surface area contributed by atoms with E-state index in [1.165, 1.54) is 6.33 Å². The number of nitrogens with two attached hydrogens (primary N) is 1. The molecule has 0 aliphatic carbocycles. The number of hydrogen-bond donors (Lipinski definition) is 1. The Kier molecular flexibility index (Phi) is 4.16. The van der Waals surface area contributed by atoms with Crippen molar-refractivity contribution >= 4 is 23.0 Å². The Bertz CT molecular complexity index is 752. The largest absolute Gasteiger partial charge is 0.463 e. The van der Waals surface area contributed by atoms with Crippen LogP contribution in [0.3, 0.4) is 0 Å². The molecule has 8 heteroatoms. The molecule has 0 bridgehead atoms. The molecule has 0 saturated carbocycles. The van der Waals surface area contributed by atoms with Crippen molar-refractivity contribution in [1.29, 1.82) is 0 Å². The van der Waals surface area contributed by atoms with Crippen LogP contribution in [-0.4, -0.2) is 38.2 Å². The topological polar surface area (TPSA) is 105 Å². The van der Waals surface area contributed by atoms with Crippen LogP contribution < -0.4 is 5.73 Å². The van der Waals surface area contributed by atoms with Crippen molar-refractivity contribution in [2.45, 2.75) is 46.4 Å². The van der Waals surface area contributed by atoms with Gasteiger partial charge in [-0.05, 0) is 27.2 Å². The summed E-state index contributed by atoms with van der Waals surface area (Å²) < 4.78 is 13.3. The second-order valence-corrected chi connectivity index (χ2v) is 7.29. The SMILES string of the molecule is C[C@H]1C[C@@H](COC(=O)C(C)(C)C)O[C@H]1n1cnc2c(N)ncnc21. The van der Waals surface area contributed by atoms with Gasteiger partial charge in [0.05, 0.1) is 17.8 Å². The third-order valence-corrected chi connectivity index (χ3v) is 4.13. The number of imidazole rings is 1. The number of esters is 1. The average molecular weight is 333 g/mol. The van der Waals surface area contributed by atoms with Gasteiger partial charge >= 0.3 is 5.97 Å². The first-order chi connectivity index (χ1) is 11.3. The third kappa shape index (κ3) is 3.06. The van der Waals surface area contributed by atoms with Crippen LogP contribution >= 0.6 is 0 Å². The number of carbonyl (C=O) groups excluding carboxylic acids is 1. The molecule has 0 spiro atoms. The van der Waals surface area contributed by atoms with Crippen LogP contribution in [0.2, 0.25) is 0 Å². The molecule has 3 heterocycles. The molecule has 130 valence electrons.